The molecule has 106 valence electrons. The topological polar surface area (TPSA) is 47.0 Å². The SMILES string of the molecule is COc1cc(Br)ccc1-c1nnc(CCNC2CC2)s1. The van der Waals surface area contributed by atoms with Gasteiger partial charge in [0, 0.05) is 23.5 Å². The Kier molecular flexibility index (Phi) is 4.33. The number of aromatic nitrogens is 2. The van der Waals surface area contributed by atoms with Crippen LogP contribution in [0.5, 0.6) is 5.75 Å². The van der Waals surface area contributed by atoms with Gasteiger partial charge in [0.25, 0.3) is 0 Å². The molecule has 1 N–H and O–H groups in total. The standard InChI is InChI=1S/C14H16BrN3OS/c1-19-12-8-9(15)2-5-11(12)14-18-17-13(20-14)6-7-16-10-3-4-10/h2,5,8,10,16H,3-4,6-7H2,1H3. The summed E-state index contributed by atoms with van der Waals surface area (Å²) in [5.41, 5.74) is 0.995. The molecule has 0 saturated heterocycles. The van der Waals surface area contributed by atoms with Gasteiger partial charge in [-0.2, -0.15) is 0 Å². The van der Waals surface area contributed by atoms with Crippen molar-refractivity contribution in [3.05, 3.63) is 27.7 Å². The Bertz CT molecular complexity index is 598. The van der Waals surface area contributed by atoms with E-state index in [-0.39, 0.29) is 0 Å². The first kappa shape index (κ1) is 14.0. The Morgan fingerprint density at radius 2 is 2.25 bits per heavy atom. The predicted molar refractivity (Wildman–Crippen MR) is 84.3 cm³/mol. The maximum absolute atomic E-state index is 5.41. The van der Waals surface area contributed by atoms with Crippen molar-refractivity contribution in [3.8, 4) is 16.3 Å². The van der Waals surface area contributed by atoms with Gasteiger partial charge >= 0.3 is 0 Å². The van der Waals surface area contributed by atoms with Gasteiger partial charge in [-0.15, -0.1) is 10.2 Å². The van der Waals surface area contributed by atoms with Crippen LogP contribution in [0.25, 0.3) is 10.6 Å². The van der Waals surface area contributed by atoms with Crippen molar-refractivity contribution in [2.75, 3.05) is 13.7 Å². The van der Waals surface area contributed by atoms with Crippen molar-refractivity contribution in [3.63, 3.8) is 0 Å². The number of methoxy groups -OCH3 is 1. The van der Waals surface area contributed by atoms with E-state index in [0.717, 1.165) is 44.8 Å². The second-order valence-corrected chi connectivity index (χ2v) is 6.80. The zero-order chi connectivity index (χ0) is 13.9. The van der Waals surface area contributed by atoms with Gasteiger partial charge in [-0.3, -0.25) is 0 Å². The molecule has 0 amide bonds. The minimum absolute atomic E-state index is 0.744. The van der Waals surface area contributed by atoms with Gasteiger partial charge in [0.15, 0.2) is 5.01 Å². The van der Waals surface area contributed by atoms with Crippen LogP contribution in [0, 0.1) is 0 Å². The van der Waals surface area contributed by atoms with E-state index in [0.29, 0.717) is 0 Å². The molecule has 4 nitrogen and oxygen atoms in total. The zero-order valence-electron chi connectivity index (χ0n) is 11.2. The van der Waals surface area contributed by atoms with E-state index in [9.17, 15) is 0 Å². The Balaban J connectivity index is 1.71. The fraction of sp³-hybridized carbons (Fsp3) is 0.429. The number of benzene rings is 1. The lowest BCUT2D eigenvalue weighted by molar-refractivity contribution is 0.416. The first-order valence-electron chi connectivity index (χ1n) is 6.66. The van der Waals surface area contributed by atoms with Crippen LogP contribution >= 0.6 is 27.3 Å². The number of nitrogens with zero attached hydrogens (tertiary/aromatic N) is 2. The quantitative estimate of drug-likeness (QED) is 0.865. The van der Waals surface area contributed by atoms with Crippen LogP contribution in [0.2, 0.25) is 0 Å². The highest BCUT2D eigenvalue weighted by Gasteiger charge is 2.20. The van der Waals surface area contributed by atoms with E-state index >= 15 is 0 Å². The lowest BCUT2D eigenvalue weighted by Crippen LogP contribution is -2.19. The van der Waals surface area contributed by atoms with Gasteiger partial charge in [0.1, 0.15) is 10.8 Å². The molecule has 2 aromatic rings. The normalized spacial score (nSPS) is 14.5. The summed E-state index contributed by atoms with van der Waals surface area (Å²) < 4.78 is 6.40. The maximum Gasteiger partial charge on any atom is 0.151 e. The first-order valence-corrected chi connectivity index (χ1v) is 8.27. The average molecular weight is 354 g/mol. The number of hydrogen-bond donors (Lipinski definition) is 1. The number of nitrogens with one attached hydrogen (secondary N) is 1. The highest BCUT2D eigenvalue weighted by molar-refractivity contribution is 9.10. The van der Waals surface area contributed by atoms with E-state index in [1.165, 1.54) is 12.8 Å². The van der Waals surface area contributed by atoms with Crippen molar-refractivity contribution in [2.45, 2.75) is 25.3 Å². The molecule has 0 spiro atoms. The highest BCUT2D eigenvalue weighted by atomic mass is 79.9. The smallest absolute Gasteiger partial charge is 0.151 e. The molecular weight excluding hydrogens is 338 g/mol. The Hall–Kier alpha value is -0.980. The molecule has 1 fully saturated rings. The molecule has 1 aromatic heterocycles. The van der Waals surface area contributed by atoms with Gasteiger partial charge in [-0.05, 0) is 31.0 Å². The van der Waals surface area contributed by atoms with E-state index < -0.39 is 0 Å². The van der Waals surface area contributed by atoms with Gasteiger partial charge < -0.3 is 10.1 Å². The van der Waals surface area contributed by atoms with Gasteiger partial charge in [-0.1, -0.05) is 27.3 Å². The van der Waals surface area contributed by atoms with Crippen LogP contribution in [0.4, 0.5) is 0 Å². The molecule has 20 heavy (non-hydrogen) atoms. The summed E-state index contributed by atoms with van der Waals surface area (Å²) >= 11 is 5.08. The zero-order valence-corrected chi connectivity index (χ0v) is 13.6. The molecule has 1 heterocycles. The molecule has 1 aromatic carbocycles. The molecule has 1 aliphatic carbocycles. The summed E-state index contributed by atoms with van der Waals surface area (Å²) in [4.78, 5) is 0. The summed E-state index contributed by atoms with van der Waals surface area (Å²) in [6.07, 6.45) is 3.57. The van der Waals surface area contributed by atoms with Crippen molar-refractivity contribution >= 4 is 27.3 Å². The summed E-state index contributed by atoms with van der Waals surface area (Å²) in [5, 5.41) is 14.0. The number of halogens is 1. The predicted octanol–water partition coefficient (Wildman–Crippen LogP) is 3.27. The summed E-state index contributed by atoms with van der Waals surface area (Å²) in [7, 11) is 1.67. The maximum atomic E-state index is 5.41. The van der Waals surface area contributed by atoms with Crippen LogP contribution < -0.4 is 10.1 Å². The van der Waals surface area contributed by atoms with Gasteiger partial charge in [0.05, 0.1) is 12.7 Å². The lowest BCUT2D eigenvalue weighted by Gasteiger charge is -2.05. The highest BCUT2D eigenvalue weighted by Crippen LogP contribution is 2.34. The molecule has 3 rings (SSSR count). The molecule has 1 aliphatic rings. The third-order valence-electron chi connectivity index (χ3n) is 3.21. The molecule has 0 bridgehead atoms. The van der Waals surface area contributed by atoms with E-state index in [1.807, 2.05) is 18.2 Å². The Morgan fingerprint density at radius 3 is 3.00 bits per heavy atom. The van der Waals surface area contributed by atoms with Crippen molar-refractivity contribution < 1.29 is 4.74 Å². The fourth-order valence-electron chi connectivity index (χ4n) is 1.98. The van der Waals surface area contributed by atoms with Crippen LogP contribution in [0.3, 0.4) is 0 Å². The van der Waals surface area contributed by atoms with E-state index in [1.54, 1.807) is 18.4 Å². The van der Waals surface area contributed by atoms with E-state index in [4.69, 9.17) is 4.74 Å². The second kappa shape index (κ2) is 6.20. The molecule has 0 radical (unpaired) electrons. The fourth-order valence-corrected chi connectivity index (χ4v) is 3.19. The molecule has 0 atom stereocenters. The summed E-state index contributed by atoms with van der Waals surface area (Å²) in [6.45, 7) is 0.983. The number of hydrogen-bond acceptors (Lipinski definition) is 5. The van der Waals surface area contributed by atoms with Crippen LogP contribution in [0.1, 0.15) is 17.8 Å². The lowest BCUT2D eigenvalue weighted by atomic mass is 10.2. The molecule has 0 aliphatic heterocycles. The molecule has 1 saturated carbocycles. The Morgan fingerprint density at radius 1 is 1.40 bits per heavy atom. The van der Waals surface area contributed by atoms with Crippen molar-refractivity contribution in [1.29, 1.82) is 0 Å². The minimum Gasteiger partial charge on any atom is -0.496 e. The van der Waals surface area contributed by atoms with Crippen LogP contribution in [-0.4, -0.2) is 29.9 Å². The molecular formula is C14H16BrN3OS. The average Bonchev–Trinajstić information content (AvgIpc) is 3.16. The number of rotatable bonds is 6. The second-order valence-electron chi connectivity index (χ2n) is 4.82. The summed E-state index contributed by atoms with van der Waals surface area (Å²) in [6, 6.07) is 6.70. The van der Waals surface area contributed by atoms with Crippen molar-refractivity contribution in [2.24, 2.45) is 0 Å². The largest absolute Gasteiger partial charge is 0.496 e. The van der Waals surface area contributed by atoms with Gasteiger partial charge in [-0.25, -0.2) is 0 Å². The van der Waals surface area contributed by atoms with Gasteiger partial charge in [0.2, 0.25) is 0 Å². The first-order chi connectivity index (χ1) is 9.76. The Labute approximate surface area is 130 Å². The minimum atomic E-state index is 0.744. The molecule has 0 unspecified atom stereocenters. The van der Waals surface area contributed by atoms with Crippen molar-refractivity contribution in [1.82, 2.24) is 15.5 Å². The third kappa shape index (κ3) is 3.37. The molecule has 6 heteroatoms. The van der Waals surface area contributed by atoms with E-state index in [2.05, 4.69) is 31.4 Å². The monoisotopic (exact) mass is 353 g/mol. The third-order valence-corrected chi connectivity index (χ3v) is 4.72. The summed E-state index contributed by atoms with van der Waals surface area (Å²) in [5.74, 6) is 0.818. The van der Waals surface area contributed by atoms with Crippen LogP contribution in [0.15, 0.2) is 22.7 Å². The van der Waals surface area contributed by atoms with Crippen LogP contribution in [-0.2, 0) is 6.42 Å². The number of ether oxygens (including phenoxy) is 1.